The van der Waals surface area contributed by atoms with Gasteiger partial charge < -0.3 is 16.4 Å². The molecule has 7 heteroatoms. The van der Waals surface area contributed by atoms with Crippen molar-refractivity contribution in [2.75, 3.05) is 6.54 Å². The number of Topliss-reactive ketones (excluding diaryl/α,β-unsaturated/α-hetero) is 1. The Morgan fingerprint density at radius 1 is 0.838 bits per heavy atom. The molecule has 0 aliphatic heterocycles. The van der Waals surface area contributed by atoms with E-state index in [9.17, 15) is 14.4 Å². The summed E-state index contributed by atoms with van der Waals surface area (Å²) in [5.74, 6) is -1.06. The van der Waals surface area contributed by atoms with Gasteiger partial charge in [0.25, 0.3) is 0 Å². The van der Waals surface area contributed by atoms with E-state index in [1.165, 1.54) is 6.08 Å². The standard InChI is InChI=1S/C30H28N4O3/c31-30(32)23-13-11-21(12-14-23)19-34-27(36)17-24-28(22-9-5-2-6-10-22)26(35)18-25(29(24)37)33-16-15-20-7-3-1-4-8-20/h1-14,18,33H,15-17,19H2,(H3,31,32)(H,34,36). The van der Waals surface area contributed by atoms with E-state index in [2.05, 4.69) is 10.6 Å². The Morgan fingerprint density at radius 2 is 1.49 bits per heavy atom. The van der Waals surface area contributed by atoms with Gasteiger partial charge in [0.2, 0.25) is 11.7 Å². The molecule has 0 saturated heterocycles. The first-order valence-corrected chi connectivity index (χ1v) is 12.0. The summed E-state index contributed by atoms with van der Waals surface area (Å²) in [6, 6.07) is 25.8. The van der Waals surface area contributed by atoms with Crippen LogP contribution in [0.3, 0.4) is 0 Å². The summed E-state index contributed by atoms with van der Waals surface area (Å²) in [4.78, 5) is 39.5. The van der Waals surface area contributed by atoms with Gasteiger partial charge >= 0.3 is 0 Å². The Balaban J connectivity index is 1.49. The number of ketones is 2. The van der Waals surface area contributed by atoms with E-state index in [1.807, 2.05) is 36.4 Å². The van der Waals surface area contributed by atoms with E-state index in [0.717, 1.165) is 11.1 Å². The molecule has 0 atom stereocenters. The molecule has 186 valence electrons. The number of benzene rings is 3. The normalized spacial score (nSPS) is 13.2. The number of rotatable bonds is 10. The quantitative estimate of drug-likeness (QED) is 0.196. The first kappa shape index (κ1) is 25.3. The zero-order chi connectivity index (χ0) is 26.2. The van der Waals surface area contributed by atoms with Gasteiger partial charge in [-0.2, -0.15) is 0 Å². The van der Waals surface area contributed by atoms with Crippen molar-refractivity contribution in [2.45, 2.75) is 19.4 Å². The molecule has 0 bridgehead atoms. The third-order valence-electron chi connectivity index (χ3n) is 6.07. The number of allylic oxidation sites excluding steroid dienone is 3. The van der Waals surface area contributed by atoms with Crippen LogP contribution in [0, 0.1) is 5.41 Å². The van der Waals surface area contributed by atoms with Gasteiger partial charge in [-0.15, -0.1) is 0 Å². The molecule has 37 heavy (non-hydrogen) atoms. The summed E-state index contributed by atoms with van der Waals surface area (Å²) >= 11 is 0. The maximum absolute atomic E-state index is 13.5. The predicted octanol–water partition coefficient (Wildman–Crippen LogP) is 3.30. The molecule has 5 N–H and O–H groups in total. The monoisotopic (exact) mass is 492 g/mol. The fourth-order valence-electron chi connectivity index (χ4n) is 4.13. The maximum atomic E-state index is 13.5. The lowest BCUT2D eigenvalue weighted by atomic mass is 9.86. The number of carbonyl (C=O) groups is 3. The molecule has 4 rings (SSSR count). The largest absolute Gasteiger partial charge is 0.384 e. The van der Waals surface area contributed by atoms with Gasteiger partial charge in [-0.25, -0.2) is 0 Å². The Bertz CT molecular complexity index is 1380. The highest BCUT2D eigenvalue weighted by Crippen LogP contribution is 2.29. The van der Waals surface area contributed by atoms with Crippen LogP contribution in [0.1, 0.15) is 28.7 Å². The molecule has 0 fully saturated rings. The van der Waals surface area contributed by atoms with Crippen LogP contribution in [0.4, 0.5) is 0 Å². The lowest BCUT2D eigenvalue weighted by molar-refractivity contribution is -0.122. The second kappa shape index (κ2) is 11.8. The topological polar surface area (TPSA) is 125 Å². The highest BCUT2D eigenvalue weighted by Gasteiger charge is 2.30. The Hall–Kier alpha value is -4.78. The van der Waals surface area contributed by atoms with Gasteiger partial charge in [0.1, 0.15) is 5.84 Å². The van der Waals surface area contributed by atoms with Gasteiger partial charge in [-0.05, 0) is 23.1 Å². The molecule has 1 amide bonds. The van der Waals surface area contributed by atoms with Gasteiger partial charge in [-0.3, -0.25) is 19.8 Å². The molecular formula is C30H28N4O3. The maximum Gasteiger partial charge on any atom is 0.224 e. The van der Waals surface area contributed by atoms with Crippen molar-refractivity contribution in [3.05, 3.63) is 125 Å². The number of nitrogens with two attached hydrogens (primary N) is 1. The highest BCUT2D eigenvalue weighted by molar-refractivity contribution is 6.37. The van der Waals surface area contributed by atoms with Crippen molar-refractivity contribution < 1.29 is 14.4 Å². The molecular weight excluding hydrogens is 464 g/mol. The molecule has 3 aromatic carbocycles. The number of hydrogen-bond acceptors (Lipinski definition) is 5. The summed E-state index contributed by atoms with van der Waals surface area (Å²) in [5.41, 5.74) is 9.24. The van der Waals surface area contributed by atoms with Gasteiger partial charge in [0.05, 0.1) is 12.1 Å². The number of hydrogen-bond donors (Lipinski definition) is 4. The fourth-order valence-corrected chi connectivity index (χ4v) is 4.13. The van der Waals surface area contributed by atoms with Crippen LogP contribution < -0.4 is 16.4 Å². The van der Waals surface area contributed by atoms with E-state index < -0.39 is 0 Å². The van der Waals surface area contributed by atoms with Crippen molar-refractivity contribution >= 4 is 28.9 Å². The molecule has 0 heterocycles. The van der Waals surface area contributed by atoms with Gasteiger partial charge in [0, 0.05) is 35.9 Å². The molecule has 0 spiro atoms. The minimum atomic E-state index is -0.370. The van der Waals surface area contributed by atoms with Crippen LogP contribution in [0.25, 0.3) is 5.57 Å². The van der Waals surface area contributed by atoms with E-state index in [0.29, 0.717) is 24.1 Å². The highest BCUT2D eigenvalue weighted by atomic mass is 16.2. The van der Waals surface area contributed by atoms with Crippen LogP contribution in [-0.4, -0.2) is 29.9 Å². The van der Waals surface area contributed by atoms with Crippen molar-refractivity contribution in [2.24, 2.45) is 5.73 Å². The lowest BCUT2D eigenvalue weighted by Gasteiger charge is -2.20. The third-order valence-corrected chi connectivity index (χ3v) is 6.07. The smallest absolute Gasteiger partial charge is 0.224 e. The van der Waals surface area contributed by atoms with Crippen molar-refractivity contribution in [3.8, 4) is 0 Å². The second-order valence-corrected chi connectivity index (χ2v) is 8.70. The van der Waals surface area contributed by atoms with Gasteiger partial charge in [0.15, 0.2) is 5.78 Å². The Labute approximate surface area is 215 Å². The summed E-state index contributed by atoms with van der Waals surface area (Å²) in [5, 5.41) is 13.4. The van der Waals surface area contributed by atoms with Crippen molar-refractivity contribution in [3.63, 3.8) is 0 Å². The SMILES string of the molecule is N=C(N)c1ccc(CNC(=O)CC2=C(c3ccccc3)C(=O)C=C(NCCc3ccccc3)C2=O)cc1. The fraction of sp³-hybridized carbons (Fsp3) is 0.133. The minimum absolute atomic E-state index is 0.0299. The molecule has 0 aromatic heterocycles. The molecule has 0 saturated carbocycles. The lowest BCUT2D eigenvalue weighted by Crippen LogP contribution is -2.32. The molecule has 1 aliphatic rings. The van der Waals surface area contributed by atoms with E-state index in [-0.39, 0.29) is 53.1 Å². The van der Waals surface area contributed by atoms with E-state index in [4.69, 9.17) is 11.1 Å². The van der Waals surface area contributed by atoms with Gasteiger partial charge in [-0.1, -0.05) is 84.9 Å². The van der Waals surface area contributed by atoms with Crippen molar-refractivity contribution in [1.29, 1.82) is 5.41 Å². The van der Waals surface area contributed by atoms with Crippen LogP contribution in [0.2, 0.25) is 0 Å². The van der Waals surface area contributed by atoms with E-state index in [1.54, 1.807) is 48.5 Å². The molecule has 0 radical (unpaired) electrons. The summed E-state index contributed by atoms with van der Waals surface area (Å²) < 4.78 is 0. The first-order valence-electron chi connectivity index (χ1n) is 12.0. The predicted molar refractivity (Wildman–Crippen MR) is 144 cm³/mol. The summed E-state index contributed by atoms with van der Waals surface area (Å²) in [6.45, 7) is 0.719. The van der Waals surface area contributed by atoms with Crippen LogP contribution in [0.15, 0.2) is 102 Å². The third kappa shape index (κ3) is 6.46. The number of amidine groups is 1. The van der Waals surface area contributed by atoms with Crippen LogP contribution in [0.5, 0.6) is 0 Å². The van der Waals surface area contributed by atoms with E-state index >= 15 is 0 Å². The zero-order valence-corrected chi connectivity index (χ0v) is 20.3. The first-order chi connectivity index (χ1) is 17.9. The number of nitrogens with one attached hydrogen (secondary N) is 3. The molecule has 3 aromatic rings. The number of carbonyl (C=O) groups excluding carboxylic acids is 3. The Morgan fingerprint density at radius 3 is 2.14 bits per heavy atom. The second-order valence-electron chi connectivity index (χ2n) is 8.70. The average Bonchev–Trinajstić information content (AvgIpc) is 2.91. The van der Waals surface area contributed by atoms with Crippen LogP contribution >= 0.6 is 0 Å². The Kier molecular flexibility index (Phi) is 8.05. The summed E-state index contributed by atoms with van der Waals surface area (Å²) in [7, 11) is 0. The zero-order valence-electron chi connectivity index (χ0n) is 20.3. The molecule has 7 nitrogen and oxygen atoms in total. The number of amides is 1. The summed E-state index contributed by atoms with van der Waals surface area (Å²) in [6.07, 6.45) is 1.79. The number of nitrogen functional groups attached to an aromatic ring is 1. The average molecular weight is 493 g/mol. The minimum Gasteiger partial charge on any atom is -0.384 e. The van der Waals surface area contributed by atoms with Crippen molar-refractivity contribution in [1.82, 2.24) is 10.6 Å². The van der Waals surface area contributed by atoms with Crippen LogP contribution in [-0.2, 0) is 27.3 Å². The molecule has 0 unspecified atom stereocenters. The molecule has 1 aliphatic carbocycles.